The molecule has 0 spiro atoms. The fraction of sp³-hybridized carbons (Fsp3) is 0.318. The van der Waals surface area contributed by atoms with Gasteiger partial charge in [0.05, 0.1) is 38.6 Å². The third-order valence-electron chi connectivity index (χ3n) is 4.50. The molecule has 0 aliphatic rings. The summed E-state index contributed by atoms with van der Waals surface area (Å²) in [7, 11) is 4.50. The minimum absolute atomic E-state index is 0.331. The number of hydrazone groups is 1. The van der Waals surface area contributed by atoms with Gasteiger partial charge in [0.1, 0.15) is 0 Å². The van der Waals surface area contributed by atoms with E-state index in [9.17, 15) is 4.79 Å². The highest BCUT2D eigenvalue weighted by atomic mass is 16.5. The van der Waals surface area contributed by atoms with Crippen LogP contribution in [-0.4, -0.2) is 43.0 Å². The van der Waals surface area contributed by atoms with Crippen molar-refractivity contribution in [3.05, 3.63) is 47.8 Å². The quantitative estimate of drug-likeness (QED) is 0.454. The Hall–Kier alpha value is -3.55. The van der Waals surface area contributed by atoms with Gasteiger partial charge in [0.25, 0.3) is 5.91 Å². The van der Waals surface area contributed by atoms with Crippen LogP contribution < -0.4 is 19.6 Å². The molecule has 1 amide bonds. The Morgan fingerprint density at radius 2 is 1.80 bits per heavy atom. The van der Waals surface area contributed by atoms with E-state index in [4.69, 9.17) is 14.2 Å². The number of nitrogens with one attached hydrogen (secondary N) is 1. The molecule has 8 heteroatoms. The number of methoxy groups -OCH3 is 3. The molecule has 0 saturated heterocycles. The fourth-order valence-electron chi connectivity index (χ4n) is 3.18. The van der Waals surface area contributed by atoms with Crippen molar-refractivity contribution in [1.29, 1.82) is 0 Å². The maximum atomic E-state index is 12.6. The molecule has 0 radical (unpaired) electrons. The number of benzene rings is 2. The number of ether oxygens (including phenoxy) is 3. The average Bonchev–Trinajstić information content (AvgIpc) is 3.09. The van der Waals surface area contributed by atoms with Gasteiger partial charge in [-0.3, -0.25) is 4.79 Å². The molecule has 0 aliphatic carbocycles. The van der Waals surface area contributed by atoms with Gasteiger partial charge in [-0.2, -0.15) is 5.10 Å². The predicted molar refractivity (Wildman–Crippen MR) is 116 cm³/mol. The minimum Gasteiger partial charge on any atom is -0.493 e. The lowest BCUT2D eigenvalue weighted by Crippen LogP contribution is -2.18. The van der Waals surface area contributed by atoms with Crippen molar-refractivity contribution in [2.75, 3.05) is 21.3 Å². The van der Waals surface area contributed by atoms with E-state index < -0.39 is 5.91 Å². The zero-order valence-electron chi connectivity index (χ0n) is 17.8. The van der Waals surface area contributed by atoms with Crippen LogP contribution in [0.2, 0.25) is 0 Å². The van der Waals surface area contributed by atoms with Crippen LogP contribution >= 0.6 is 0 Å². The second kappa shape index (κ2) is 9.30. The average molecular weight is 410 g/mol. The molecule has 3 aromatic rings. The van der Waals surface area contributed by atoms with E-state index in [0.29, 0.717) is 34.6 Å². The Morgan fingerprint density at radius 3 is 2.40 bits per heavy atom. The summed E-state index contributed by atoms with van der Waals surface area (Å²) in [5, 5.41) is 4.11. The lowest BCUT2D eigenvalue weighted by molar-refractivity contribution is 0.0954. The molecule has 0 saturated carbocycles. The van der Waals surface area contributed by atoms with Gasteiger partial charge in [0, 0.05) is 12.1 Å². The highest BCUT2D eigenvalue weighted by Crippen LogP contribution is 2.38. The van der Waals surface area contributed by atoms with Gasteiger partial charge >= 0.3 is 0 Å². The fourth-order valence-corrected chi connectivity index (χ4v) is 3.18. The molecule has 3 rings (SSSR count). The molecule has 0 atom stereocenters. The highest BCUT2D eigenvalue weighted by molar-refractivity contribution is 5.96. The van der Waals surface area contributed by atoms with E-state index in [1.54, 1.807) is 18.3 Å². The first-order chi connectivity index (χ1) is 14.5. The second-order valence-electron chi connectivity index (χ2n) is 7.08. The van der Waals surface area contributed by atoms with E-state index >= 15 is 0 Å². The van der Waals surface area contributed by atoms with Crippen LogP contribution in [0.5, 0.6) is 17.2 Å². The lowest BCUT2D eigenvalue weighted by atomic mass is 10.1. The molecule has 0 bridgehead atoms. The van der Waals surface area contributed by atoms with E-state index in [2.05, 4.69) is 33.9 Å². The first-order valence-corrected chi connectivity index (χ1v) is 9.57. The monoisotopic (exact) mass is 410 g/mol. The third kappa shape index (κ3) is 4.37. The number of carbonyl (C=O) groups is 1. The summed E-state index contributed by atoms with van der Waals surface area (Å²) in [6, 6.07) is 11.0. The number of hydrogen-bond acceptors (Lipinski definition) is 6. The Balaban J connectivity index is 1.84. The van der Waals surface area contributed by atoms with Crippen LogP contribution in [0.4, 0.5) is 0 Å². The molecule has 0 aliphatic heterocycles. The molecule has 1 aromatic heterocycles. The largest absolute Gasteiger partial charge is 0.493 e. The molecular weight excluding hydrogens is 384 g/mol. The van der Waals surface area contributed by atoms with E-state index in [0.717, 1.165) is 17.6 Å². The van der Waals surface area contributed by atoms with Gasteiger partial charge in [-0.1, -0.05) is 26.0 Å². The van der Waals surface area contributed by atoms with Gasteiger partial charge in [-0.05, 0) is 30.2 Å². The highest BCUT2D eigenvalue weighted by Gasteiger charge is 2.17. The predicted octanol–water partition coefficient (Wildman–Crippen LogP) is 3.48. The maximum absolute atomic E-state index is 12.6. The SMILES string of the molecule is COc1cc(C(=O)N/N=C/c2nc3ccccc3n2CC(C)C)cc(OC)c1OC. The summed E-state index contributed by atoms with van der Waals surface area (Å²) in [4.78, 5) is 17.2. The van der Waals surface area contributed by atoms with Crippen molar-refractivity contribution in [3.8, 4) is 17.2 Å². The molecule has 2 aromatic carbocycles. The molecule has 30 heavy (non-hydrogen) atoms. The Bertz CT molecular complexity index is 1050. The standard InChI is InChI=1S/C22H26N4O4/c1-14(2)13-26-17-9-7-6-8-16(17)24-20(26)12-23-25-22(27)15-10-18(28-3)21(30-5)19(11-15)29-4/h6-12,14H,13H2,1-5H3,(H,25,27)/b23-12+. The van der Waals surface area contributed by atoms with Crippen LogP contribution in [0.25, 0.3) is 11.0 Å². The van der Waals surface area contributed by atoms with Crippen molar-refractivity contribution >= 4 is 23.2 Å². The van der Waals surface area contributed by atoms with Crippen molar-refractivity contribution in [2.24, 2.45) is 11.0 Å². The molecular formula is C22H26N4O4. The minimum atomic E-state index is -0.406. The Labute approximate surface area is 175 Å². The molecule has 0 unspecified atom stereocenters. The van der Waals surface area contributed by atoms with Crippen LogP contribution in [0.3, 0.4) is 0 Å². The maximum Gasteiger partial charge on any atom is 0.271 e. The number of aromatic nitrogens is 2. The normalized spacial score (nSPS) is 11.3. The van der Waals surface area contributed by atoms with Crippen LogP contribution in [0.15, 0.2) is 41.5 Å². The number of hydrogen-bond donors (Lipinski definition) is 1. The van der Waals surface area contributed by atoms with Gasteiger partial charge in [-0.25, -0.2) is 10.4 Å². The molecule has 1 N–H and O–H groups in total. The summed E-state index contributed by atoms with van der Waals surface area (Å²) in [5.74, 6) is 1.91. The smallest absolute Gasteiger partial charge is 0.271 e. The van der Waals surface area contributed by atoms with Gasteiger partial charge < -0.3 is 18.8 Å². The summed E-state index contributed by atoms with van der Waals surface area (Å²) in [6.07, 6.45) is 1.55. The number of imidazole rings is 1. The van der Waals surface area contributed by atoms with Crippen molar-refractivity contribution < 1.29 is 19.0 Å². The lowest BCUT2D eigenvalue weighted by Gasteiger charge is -2.13. The van der Waals surface area contributed by atoms with Gasteiger partial charge in [0.2, 0.25) is 5.75 Å². The second-order valence-corrected chi connectivity index (χ2v) is 7.08. The van der Waals surface area contributed by atoms with E-state index in [1.807, 2.05) is 24.3 Å². The summed E-state index contributed by atoms with van der Waals surface area (Å²) < 4.78 is 18.0. The van der Waals surface area contributed by atoms with Gasteiger partial charge in [-0.15, -0.1) is 0 Å². The van der Waals surface area contributed by atoms with Crippen LogP contribution in [0, 0.1) is 5.92 Å². The summed E-state index contributed by atoms with van der Waals surface area (Å²) in [5.41, 5.74) is 4.78. The van der Waals surface area contributed by atoms with Gasteiger partial charge in [0.15, 0.2) is 17.3 Å². The number of fused-ring (bicyclic) bond motifs is 1. The molecule has 8 nitrogen and oxygen atoms in total. The number of amides is 1. The molecule has 0 fully saturated rings. The Morgan fingerprint density at radius 1 is 1.13 bits per heavy atom. The van der Waals surface area contributed by atoms with Crippen LogP contribution in [0.1, 0.15) is 30.0 Å². The zero-order valence-corrected chi connectivity index (χ0v) is 17.8. The van der Waals surface area contributed by atoms with E-state index in [-0.39, 0.29) is 0 Å². The Kier molecular flexibility index (Phi) is 6.56. The topological polar surface area (TPSA) is 87.0 Å². The van der Waals surface area contributed by atoms with Crippen molar-refractivity contribution in [3.63, 3.8) is 0 Å². The summed E-state index contributed by atoms with van der Waals surface area (Å²) >= 11 is 0. The number of carbonyl (C=O) groups excluding carboxylic acids is 1. The number of para-hydroxylation sites is 2. The van der Waals surface area contributed by atoms with E-state index in [1.165, 1.54) is 21.3 Å². The molecule has 158 valence electrons. The van der Waals surface area contributed by atoms with Crippen molar-refractivity contribution in [1.82, 2.24) is 15.0 Å². The molecule has 1 heterocycles. The van der Waals surface area contributed by atoms with Crippen molar-refractivity contribution in [2.45, 2.75) is 20.4 Å². The summed E-state index contributed by atoms with van der Waals surface area (Å²) in [6.45, 7) is 5.08. The third-order valence-corrected chi connectivity index (χ3v) is 4.50. The first kappa shape index (κ1) is 21.2. The number of nitrogens with zero attached hydrogens (tertiary/aromatic N) is 3. The van der Waals surface area contributed by atoms with Crippen LogP contribution in [-0.2, 0) is 6.54 Å². The zero-order chi connectivity index (χ0) is 21.7. The first-order valence-electron chi connectivity index (χ1n) is 9.57. The number of rotatable bonds is 8.